The van der Waals surface area contributed by atoms with Gasteiger partial charge in [0, 0.05) is 19.3 Å². The number of alkyl halides is 3. The van der Waals surface area contributed by atoms with Gasteiger partial charge in [0.05, 0.1) is 0 Å². The summed E-state index contributed by atoms with van der Waals surface area (Å²) in [4.78, 5) is 30.7. The van der Waals surface area contributed by atoms with Crippen molar-refractivity contribution in [3.05, 3.63) is 34.9 Å². The van der Waals surface area contributed by atoms with E-state index in [2.05, 4.69) is 15.1 Å². The van der Waals surface area contributed by atoms with Crippen LogP contribution >= 0.6 is 0 Å². The number of rotatable bonds is 3. The number of hydrogen-bond acceptors (Lipinski definition) is 5. The van der Waals surface area contributed by atoms with Crippen LogP contribution in [0.15, 0.2) is 23.5 Å². The molecule has 106 valence electrons. The maximum Gasteiger partial charge on any atom is 0.406 e. The van der Waals surface area contributed by atoms with Crippen LogP contribution in [-0.4, -0.2) is 36.3 Å². The van der Waals surface area contributed by atoms with E-state index in [1.54, 1.807) is 0 Å². The van der Waals surface area contributed by atoms with Gasteiger partial charge in [-0.1, -0.05) is 0 Å². The molecule has 2 heterocycles. The zero-order valence-electron chi connectivity index (χ0n) is 10.1. The number of Topliss-reactive ketones (excluding diaryl/α,β-unsaturated/α-hetero) is 1. The molecule has 2 aromatic heterocycles. The first-order chi connectivity index (χ1) is 9.29. The van der Waals surface area contributed by atoms with Gasteiger partial charge >= 0.3 is 11.9 Å². The summed E-state index contributed by atoms with van der Waals surface area (Å²) in [7, 11) is 0. The highest BCUT2D eigenvalue weighted by atomic mass is 19.4. The largest absolute Gasteiger partial charge is 0.406 e. The van der Waals surface area contributed by atoms with Gasteiger partial charge < -0.3 is 0 Å². The molecule has 0 saturated carbocycles. The van der Waals surface area contributed by atoms with E-state index < -0.39 is 24.2 Å². The Bertz CT molecular complexity index is 703. The SMILES string of the molecule is CC(=O)c1nccnc1-n1ncn(CC(F)(F)F)c1=O. The van der Waals surface area contributed by atoms with Crippen LogP contribution in [0.4, 0.5) is 13.2 Å². The van der Waals surface area contributed by atoms with Gasteiger partial charge in [-0.05, 0) is 0 Å². The summed E-state index contributed by atoms with van der Waals surface area (Å²) in [6, 6.07) is 0. The lowest BCUT2D eigenvalue weighted by atomic mass is 10.3. The highest BCUT2D eigenvalue weighted by Crippen LogP contribution is 2.16. The van der Waals surface area contributed by atoms with Gasteiger partial charge in [0.2, 0.25) is 0 Å². The van der Waals surface area contributed by atoms with Crippen molar-refractivity contribution in [1.29, 1.82) is 0 Å². The van der Waals surface area contributed by atoms with Crippen molar-refractivity contribution in [2.45, 2.75) is 19.6 Å². The van der Waals surface area contributed by atoms with Gasteiger partial charge in [-0.3, -0.25) is 9.36 Å². The van der Waals surface area contributed by atoms with E-state index >= 15 is 0 Å². The van der Waals surface area contributed by atoms with Gasteiger partial charge in [0.1, 0.15) is 12.9 Å². The third kappa shape index (κ3) is 2.73. The van der Waals surface area contributed by atoms with Gasteiger partial charge in [-0.25, -0.2) is 14.8 Å². The summed E-state index contributed by atoms with van der Waals surface area (Å²) < 4.78 is 37.8. The monoisotopic (exact) mass is 287 g/mol. The smallest absolute Gasteiger partial charge is 0.293 e. The number of ketones is 1. The molecule has 0 fully saturated rings. The molecule has 0 atom stereocenters. The van der Waals surface area contributed by atoms with E-state index in [4.69, 9.17) is 0 Å². The average molecular weight is 287 g/mol. The molecule has 0 spiro atoms. The molecule has 0 unspecified atom stereocenters. The Hall–Kier alpha value is -2.52. The van der Waals surface area contributed by atoms with Crippen LogP contribution in [0.25, 0.3) is 5.82 Å². The minimum atomic E-state index is -4.55. The van der Waals surface area contributed by atoms with Crippen LogP contribution in [0.5, 0.6) is 0 Å². The number of aromatic nitrogens is 5. The molecule has 7 nitrogen and oxygen atoms in total. The second kappa shape index (κ2) is 4.87. The Kier molecular flexibility index (Phi) is 3.38. The number of carbonyl (C=O) groups excluding carboxylic acids is 1. The molecule has 0 aliphatic heterocycles. The molecular formula is C10H8F3N5O2. The van der Waals surface area contributed by atoms with E-state index in [0.717, 1.165) is 6.33 Å². The second-order valence-corrected chi connectivity index (χ2v) is 3.85. The van der Waals surface area contributed by atoms with Gasteiger partial charge in [-0.15, -0.1) is 0 Å². The fraction of sp³-hybridized carbons (Fsp3) is 0.300. The van der Waals surface area contributed by atoms with Crippen molar-refractivity contribution in [3.8, 4) is 5.82 Å². The zero-order chi connectivity index (χ0) is 14.9. The van der Waals surface area contributed by atoms with Gasteiger partial charge in [0.25, 0.3) is 0 Å². The average Bonchev–Trinajstić information content (AvgIpc) is 2.69. The molecule has 2 rings (SSSR count). The Morgan fingerprint density at radius 2 is 1.95 bits per heavy atom. The fourth-order valence-electron chi connectivity index (χ4n) is 1.52. The minimum absolute atomic E-state index is 0.146. The first-order valence-electron chi connectivity index (χ1n) is 5.33. The first kappa shape index (κ1) is 13.9. The normalized spacial score (nSPS) is 11.6. The number of nitrogens with zero attached hydrogens (tertiary/aromatic N) is 5. The highest BCUT2D eigenvalue weighted by Gasteiger charge is 2.29. The predicted molar refractivity (Wildman–Crippen MR) is 59.5 cm³/mol. The summed E-state index contributed by atoms with van der Waals surface area (Å²) in [5.41, 5.74) is -1.20. The third-order valence-electron chi connectivity index (χ3n) is 2.30. The van der Waals surface area contributed by atoms with Crippen LogP contribution in [0.3, 0.4) is 0 Å². The quantitative estimate of drug-likeness (QED) is 0.771. The fourth-order valence-corrected chi connectivity index (χ4v) is 1.52. The predicted octanol–water partition coefficient (Wildman–Crippen LogP) is 0.589. The minimum Gasteiger partial charge on any atom is -0.293 e. The van der Waals surface area contributed by atoms with E-state index in [0.29, 0.717) is 9.25 Å². The van der Waals surface area contributed by atoms with Crippen LogP contribution in [0.1, 0.15) is 17.4 Å². The van der Waals surface area contributed by atoms with Crippen molar-refractivity contribution in [3.63, 3.8) is 0 Å². The lowest BCUT2D eigenvalue weighted by molar-refractivity contribution is -0.141. The van der Waals surface area contributed by atoms with Gasteiger partial charge in [-0.2, -0.15) is 23.0 Å². The van der Waals surface area contributed by atoms with E-state index in [1.807, 2.05) is 0 Å². The molecule has 0 bridgehead atoms. The lowest BCUT2D eigenvalue weighted by Crippen LogP contribution is -2.30. The third-order valence-corrected chi connectivity index (χ3v) is 2.30. The molecule has 0 aliphatic rings. The first-order valence-corrected chi connectivity index (χ1v) is 5.33. The van der Waals surface area contributed by atoms with Gasteiger partial charge in [0.15, 0.2) is 17.3 Å². The van der Waals surface area contributed by atoms with E-state index in [9.17, 15) is 22.8 Å². The summed E-state index contributed by atoms with van der Waals surface area (Å²) >= 11 is 0. The Labute approximate surface area is 109 Å². The topological polar surface area (TPSA) is 82.7 Å². The van der Waals surface area contributed by atoms with Crippen molar-refractivity contribution >= 4 is 5.78 Å². The molecule has 2 aromatic rings. The van der Waals surface area contributed by atoms with Crippen molar-refractivity contribution in [2.75, 3.05) is 0 Å². The molecule has 0 aromatic carbocycles. The number of carbonyl (C=O) groups is 1. The number of hydrogen-bond donors (Lipinski definition) is 0. The summed E-state index contributed by atoms with van der Waals surface area (Å²) in [5, 5.41) is 3.53. The van der Waals surface area contributed by atoms with Crippen LogP contribution < -0.4 is 5.69 Å². The second-order valence-electron chi connectivity index (χ2n) is 3.85. The molecule has 0 aliphatic carbocycles. The van der Waals surface area contributed by atoms with Crippen LogP contribution in [0.2, 0.25) is 0 Å². The molecule has 0 saturated heterocycles. The van der Waals surface area contributed by atoms with E-state index in [1.165, 1.54) is 19.3 Å². The number of halogens is 3. The summed E-state index contributed by atoms with van der Waals surface area (Å²) in [6.07, 6.45) is -1.38. The molecule has 20 heavy (non-hydrogen) atoms. The van der Waals surface area contributed by atoms with E-state index in [-0.39, 0.29) is 11.5 Å². The summed E-state index contributed by atoms with van der Waals surface area (Å²) in [6.45, 7) is -0.271. The molecule has 10 heteroatoms. The molecule has 0 amide bonds. The Balaban J connectivity index is 2.51. The van der Waals surface area contributed by atoms with Crippen LogP contribution in [-0.2, 0) is 6.54 Å². The molecular weight excluding hydrogens is 279 g/mol. The maximum atomic E-state index is 12.3. The molecule has 0 N–H and O–H groups in total. The van der Waals surface area contributed by atoms with Crippen molar-refractivity contribution in [1.82, 2.24) is 24.3 Å². The standard InChI is InChI=1S/C10H8F3N5O2/c1-6(19)7-8(15-3-2-14-7)18-9(20)17(5-16-18)4-10(11,12)13/h2-3,5H,4H2,1H3. The highest BCUT2D eigenvalue weighted by molar-refractivity contribution is 5.94. The molecule has 0 radical (unpaired) electrons. The van der Waals surface area contributed by atoms with Crippen LogP contribution in [0, 0.1) is 0 Å². The lowest BCUT2D eigenvalue weighted by Gasteiger charge is -2.05. The Morgan fingerprint density at radius 3 is 2.55 bits per heavy atom. The van der Waals surface area contributed by atoms with Crippen molar-refractivity contribution < 1.29 is 18.0 Å². The maximum absolute atomic E-state index is 12.3. The summed E-state index contributed by atoms with van der Waals surface area (Å²) in [5.74, 6) is -0.684. The van der Waals surface area contributed by atoms with Crippen molar-refractivity contribution in [2.24, 2.45) is 0 Å². The Morgan fingerprint density at radius 1 is 1.30 bits per heavy atom. The zero-order valence-corrected chi connectivity index (χ0v) is 10.1.